The van der Waals surface area contributed by atoms with Gasteiger partial charge in [0.2, 0.25) is 0 Å². The summed E-state index contributed by atoms with van der Waals surface area (Å²) < 4.78 is 0. The molecule has 0 saturated heterocycles. The van der Waals surface area contributed by atoms with E-state index in [0.717, 1.165) is 36.0 Å². The molecule has 3 fully saturated rings. The fourth-order valence-corrected chi connectivity index (χ4v) is 7.10. The van der Waals surface area contributed by atoms with Gasteiger partial charge in [-0.1, -0.05) is 58.8 Å². The minimum atomic E-state index is 0.0306. The van der Waals surface area contributed by atoms with Gasteiger partial charge in [-0.15, -0.1) is 0 Å². The van der Waals surface area contributed by atoms with E-state index in [4.69, 9.17) is 0 Å². The zero-order chi connectivity index (χ0) is 19.8. The van der Waals surface area contributed by atoms with Crippen molar-refractivity contribution >= 4 is 0 Å². The second kappa shape index (κ2) is 11.0. The molecule has 28 heavy (non-hydrogen) atoms. The molecule has 0 N–H and O–H groups in total. The summed E-state index contributed by atoms with van der Waals surface area (Å²) in [5.74, 6) is 5.10. The Balaban J connectivity index is 1.33. The Morgan fingerprint density at radius 1 is 0.679 bits per heavy atom. The van der Waals surface area contributed by atoms with Crippen molar-refractivity contribution in [1.82, 2.24) is 0 Å². The van der Waals surface area contributed by atoms with Gasteiger partial charge in [-0.3, -0.25) is 0 Å². The van der Waals surface area contributed by atoms with E-state index in [2.05, 4.69) is 19.9 Å². The molecule has 1 heteroatoms. The maximum absolute atomic E-state index is 9.56. The fourth-order valence-electron chi connectivity index (χ4n) is 7.10. The average Bonchev–Trinajstić information content (AvgIpc) is 2.77. The minimum Gasteiger partial charge on any atom is -0.198 e. The average molecular weight is 386 g/mol. The van der Waals surface area contributed by atoms with Gasteiger partial charge >= 0.3 is 0 Å². The van der Waals surface area contributed by atoms with Crippen molar-refractivity contribution in [2.45, 2.75) is 129 Å². The molecule has 3 saturated carbocycles. The second-order valence-electron chi connectivity index (χ2n) is 10.9. The normalized spacial score (nSPS) is 39.4. The zero-order valence-corrected chi connectivity index (χ0v) is 19.1. The van der Waals surface area contributed by atoms with Crippen LogP contribution in [0, 0.1) is 46.3 Å². The third-order valence-corrected chi connectivity index (χ3v) is 9.41. The minimum absolute atomic E-state index is 0.0306. The summed E-state index contributed by atoms with van der Waals surface area (Å²) in [7, 11) is 0. The highest BCUT2D eigenvalue weighted by molar-refractivity contribution is 5.01. The summed E-state index contributed by atoms with van der Waals surface area (Å²) in [5.41, 5.74) is 0.0306. The number of nitrogens with zero attached hydrogens (tertiary/aromatic N) is 1. The molecule has 0 aliphatic heterocycles. The topological polar surface area (TPSA) is 23.8 Å². The Bertz CT molecular complexity index is 465. The second-order valence-corrected chi connectivity index (χ2v) is 10.9. The number of hydrogen-bond acceptors (Lipinski definition) is 1. The summed E-state index contributed by atoms with van der Waals surface area (Å²) in [5, 5.41) is 9.56. The first kappa shape index (κ1) is 22.2. The van der Waals surface area contributed by atoms with Crippen LogP contribution in [0.4, 0.5) is 0 Å². The van der Waals surface area contributed by atoms with E-state index in [1.165, 1.54) is 96.3 Å². The third kappa shape index (κ3) is 5.77. The lowest BCUT2D eigenvalue weighted by Crippen LogP contribution is -2.32. The van der Waals surface area contributed by atoms with Crippen LogP contribution in [-0.4, -0.2) is 0 Å². The van der Waals surface area contributed by atoms with E-state index >= 15 is 0 Å². The van der Waals surface area contributed by atoms with Gasteiger partial charge in [0, 0.05) is 0 Å². The van der Waals surface area contributed by atoms with E-state index in [-0.39, 0.29) is 5.41 Å². The molecule has 1 nitrogen and oxygen atoms in total. The van der Waals surface area contributed by atoms with Crippen molar-refractivity contribution in [3.63, 3.8) is 0 Å². The van der Waals surface area contributed by atoms with Crippen molar-refractivity contribution in [3.05, 3.63) is 0 Å². The standard InChI is InChI=1S/C27H47N/c1-3-5-6-7-8-22-9-11-23(12-10-22)24-13-15-25(16-14-24)26-17-19-27(4-2,21-28)20-18-26/h22-26H,3-20H2,1-2H3/t22-,23-,24?,25?,26-,27-. The predicted molar refractivity (Wildman–Crippen MR) is 120 cm³/mol. The maximum Gasteiger partial charge on any atom is 0.0689 e. The van der Waals surface area contributed by atoms with Crippen LogP contribution in [-0.2, 0) is 0 Å². The molecular weight excluding hydrogens is 338 g/mol. The quantitative estimate of drug-likeness (QED) is 0.383. The van der Waals surface area contributed by atoms with Crippen molar-refractivity contribution in [3.8, 4) is 6.07 Å². The Labute approximate surface area is 176 Å². The van der Waals surface area contributed by atoms with Gasteiger partial charge in [0.1, 0.15) is 0 Å². The molecule has 160 valence electrons. The van der Waals surface area contributed by atoms with Crippen LogP contribution >= 0.6 is 0 Å². The van der Waals surface area contributed by atoms with E-state index in [9.17, 15) is 5.26 Å². The highest BCUT2D eigenvalue weighted by Gasteiger charge is 2.38. The van der Waals surface area contributed by atoms with Gasteiger partial charge in [-0.05, 0) is 100 Å². The number of hydrogen-bond donors (Lipinski definition) is 0. The van der Waals surface area contributed by atoms with Gasteiger partial charge in [0.25, 0.3) is 0 Å². The Hall–Kier alpha value is -0.510. The van der Waals surface area contributed by atoms with Gasteiger partial charge in [-0.2, -0.15) is 5.26 Å². The van der Waals surface area contributed by atoms with Crippen LogP contribution in [0.5, 0.6) is 0 Å². The van der Waals surface area contributed by atoms with Crippen LogP contribution in [0.3, 0.4) is 0 Å². The SMILES string of the molecule is CCCCCC[C@H]1CC[C@H](C2CCC([C@H]3CC[C@@](C#N)(CC)CC3)CC2)CC1. The highest BCUT2D eigenvalue weighted by Crippen LogP contribution is 2.49. The van der Waals surface area contributed by atoms with E-state index in [0.29, 0.717) is 0 Å². The van der Waals surface area contributed by atoms with Crippen molar-refractivity contribution < 1.29 is 0 Å². The largest absolute Gasteiger partial charge is 0.198 e. The van der Waals surface area contributed by atoms with Gasteiger partial charge < -0.3 is 0 Å². The van der Waals surface area contributed by atoms with Crippen LogP contribution < -0.4 is 0 Å². The molecular formula is C27H47N. The number of rotatable bonds is 8. The first-order chi connectivity index (χ1) is 13.7. The molecule has 0 bridgehead atoms. The molecule has 0 atom stereocenters. The molecule has 3 aliphatic rings. The Morgan fingerprint density at radius 2 is 1.18 bits per heavy atom. The van der Waals surface area contributed by atoms with E-state index in [1.54, 1.807) is 12.8 Å². The summed E-state index contributed by atoms with van der Waals surface area (Å²) in [4.78, 5) is 0. The third-order valence-electron chi connectivity index (χ3n) is 9.41. The summed E-state index contributed by atoms with van der Waals surface area (Å²) >= 11 is 0. The first-order valence-corrected chi connectivity index (χ1v) is 13.1. The van der Waals surface area contributed by atoms with E-state index in [1.807, 2.05) is 0 Å². The van der Waals surface area contributed by atoms with Crippen LogP contribution in [0.15, 0.2) is 0 Å². The van der Waals surface area contributed by atoms with E-state index < -0.39 is 0 Å². The molecule has 0 aromatic carbocycles. The Morgan fingerprint density at radius 3 is 1.64 bits per heavy atom. The lowest BCUT2D eigenvalue weighted by molar-refractivity contribution is 0.0917. The maximum atomic E-state index is 9.56. The van der Waals surface area contributed by atoms with Crippen molar-refractivity contribution in [1.29, 1.82) is 5.26 Å². The summed E-state index contributed by atoms with van der Waals surface area (Å²) in [6.07, 6.45) is 25.5. The van der Waals surface area contributed by atoms with Crippen LogP contribution in [0.1, 0.15) is 129 Å². The zero-order valence-electron chi connectivity index (χ0n) is 19.1. The molecule has 3 rings (SSSR count). The molecule has 0 unspecified atom stereocenters. The van der Waals surface area contributed by atoms with Gasteiger partial charge in [0.15, 0.2) is 0 Å². The van der Waals surface area contributed by atoms with Crippen molar-refractivity contribution in [2.24, 2.45) is 35.0 Å². The predicted octanol–water partition coefficient (Wildman–Crippen LogP) is 8.68. The number of unbranched alkanes of at least 4 members (excludes halogenated alkanes) is 3. The molecule has 0 aromatic heterocycles. The van der Waals surface area contributed by atoms with Crippen LogP contribution in [0.2, 0.25) is 0 Å². The molecule has 0 spiro atoms. The molecule has 3 aliphatic carbocycles. The molecule has 0 aromatic rings. The van der Waals surface area contributed by atoms with Crippen molar-refractivity contribution in [2.75, 3.05) is 0 Å². The smallest absolute Gasteiger partial charge is 0.0689 e. The number of nitriles is 1. The fraction of sp³-hybridized carbons (Fsp3) is 0.963. The van der Waals surface area contributed by atoms with Crippen LogP contribution in [0.25, 0.3) is 0 Å². The molecule has 0 heterocycles. The summed E-state index contributed by atoms with van der Waals surface area (Å²) in [6.45, 7) is 4.54. The first-order valence-electron chi connectivity index (χ1n) is 13.1. The highest BCUT2D eigenvalue weighted by atomic mass is 14.4. The lowest BCUT2D eigenvalue weighted by Gasteiger charge is -2.42. The Kier molecular flexibility index (Phi) is 8.74. The molecule has 0 radical (unpaired) electrons. The molecule has 0 amide bonds. The van der Waals surface area contributed by atoms with Gasteiger partial charge in [0.05, 0.1) is 11.5 Å². The lowest BCUT2D eigenvalue weighted by atomic mass is 9.62. The monoisotopic (exact) mass is 385 g/mol. The summed E-state index contributed by atoms with van der Waals surface area (Å²) in [6, 6.07) is 2.66. The van der Waals surface area contributed by atoms with Gasteiger partial charge in [-0.25, -0.2) is 0 Å².